The number of amides is 1. The van der Waals surface area contributed by atoms with Gasteiger partial charge in [-0.2, -0.15) is 0 Å². The number of sulfonamides is 1. The van der Waals surface area contributed by atoms with Crippen molar-refractivity contribution in [3.05, 3.63) is 59.2 Å². The molecule has 1 amide bonds. The maximum Gasteiger partial charge on any atom is 0.223 e. The number of hydrogen-bond donors (Lipinski definition) is 1. The van der Waals surface area contributed by atoms with E-state index in [1.54, 1.807) is 7.11 Å². The average molecular weight is 489 g/mol. The second-order valence-corrected chi connectivity index (χ2v) is 10.7. The molecule has 0 aromatic heterocycles. The lowest BCUT2D eigenvalue weighted by Gasteiger charge is -2.30. The van der Waals surface area contributed by atoms with E-state index in [2.05, 4.69) is 5.32 Å². The number of carbonyl (C=O) groups excluding carboxylic acids is 1. The highest BCUT2D eigenvalue weighted by Crippen LogP contribution is 2.28. The van der Waals surface area contributed by atoms with E-state index in [-0.39, 0.29) is 17.6 Å². The zero-order valence-electron chi connectivity index (χ0n) is 20.4. The molecule has 1 aliphatic rings. The number of piperidine rings is 1. The smallest absolute Gasteiger partial charge is 0.223 e. The van der Waals surface area contributed by atoms with E-state index in [9.17, 15) is 13.2 Å². The topological polar surface area (TPSA) is 84.9 Å². The Hall–Kier alpha value is -2.58. The first-order valence-electron chi connectivity index (χ1n) is 11.9. The highest BCUT2D eigenvalue weighted by Gasteiger charge is 2.31. The summed E-state index contributed by atoms with van der Waals surface area (Å²) in [4.78, 5) is 12.6. The van der Waals surface area contributed by atoms with Crippen molar-refractivity contribution in [1.82, 2.24) is 9.62 Å². The van der Waals surface area contributed by atoms with E-state index >= 15 is 0 Å². The molecule has 2 aromatic carbocycles. The summed E-state index contributed by atoms with van der Waals surface area (Å²) in [5.41, 5.74) is 3.02. The molecule has 3 rings (SSSR count). The molecule has 0 saturated carbocycles. The van der Waals surface area contributed by atoms with Gasteiger partial charge in [0.15, 0.2) is 11.5 Å². The van der Waals surface area contributed by atoms with Crippen LogP contribution in [0.3, 0.4) is 0 Å². The number of ether oxygens (including phenoxy) is 2. The number of methoxy groups -OCH3 is 1. The van der Waals surface area contributed by atoms with Crippen molar-refractivity contribution in [1.29, 1.82) is 0 Å². The van der Waals surface area contributed by atoms with Gasteiger partial charge in [0.05, 0.1) is 19.5 Å². The van der Waals surface area contributed by atoms with Crippen molar-refractivity contribution >= 4 is 15.9 Å². The van der Waals surface area contributed by atoms with Crippen LogP contribution in [-0.4, -0.2) is 52.0 Å². The number of benzene rings is 2. The summed E-state index contributed by atoms with van der Waals surface area (Å²) in [6.45, 7) is 5.85. The van der Waals surface area contributed by atoms with Crippen LogP contribution >= 0.6 is 0 Å². The van der Waals surface area contributed by atoms with Crippen molar-refractivity contribution < 1.29 is 22.7 Å². The first-order valence-corrected chi connectivity index (χ1v) is 13.5. The summed E-state index contributed by atoms with van der Waals surface area (Å²) < 4.78 is 38.0. The normalized spacial score (nSPS) is 15.1. The summed E-state index contributed by atoms with van der Waals surface area (Å²) in [5.74, 6) is 1.32. The fourth-order valence-corrected chi connectivity index (χ4v) is 5.74. The van der Waals surface area contributed by atoms with Crippen LogP contribution in [0.5, 0.6) is 11.5 Å². The Morgan fingerprint density at radius 3 is 2.38 bits per heavy atom. The largest absolute Gasteiger partial charge is 0.493 e. The fraction of sp³-hybridized carbons (Fsp3) is 0.500. The monoisotopic (exact) mass is 488 g/mol. The van der Waals surface area contributed by atoms with Crippen LogP contribution in [0.1, 0.15) is 42.9 Å². The van der Waals surface area contributed by atoms with Gasteiger partial charge in [0.1, 0.15) is 0 Å². The lowest BCUT2D eigenvalue weighted by atomic mass is 9.97. The molecule has 2 aromatic rings. The molecule has 0 radical (unpaired) electrons. The van der Waals surface area contributed by atoms with Crippen molar-refractivity contribution in [2.45, 2.75) is 45.3 Å². The minimum absolute atomic E-state index is 0.000474. The van der Waals surface area contributed by atoms with Crippen molar-refractivity contribution in [2.75, 3.05) is 33.4 Å². The Morgan fingerprint density at radius 2 is 1.74 bits per heavy atom. The molecule has 0 aliphatic carbocycles. The second-order valence-electron chi connectivity index (χ2n) is 8.73. The number of nitrogens with one attached hydrogen (secondary N) is 1. The molecular formula is C26H36N2O5S. The minimum Gasteiger partial charge on any atom is -0.493 e. The maximum absolute atomic E-state index is 12.8. The zero-order chi connectivity index (χ0) is 24.6. The van der Waals surface area contributed by atoms with Crippen LogP contribution in [0.4, 0.5) is 0 Å². The third-order valence-electron chi connectivity index (χ3n) is 6.16. The lowest BCUT2D eigenvalue weighted by molar-refractivity contribution is -0.126. The minimum atomic E-state index is -3.38. The molecule has 7 nitrogen and oxygen atoms in total. The van der Waals surface area contributed by atoms with Gasteiger partial charge in [0, 0.05) is 25.6 Å². The summed E-state index contributed by atoms with van der Waals surface area (Å²) >= 11 is 0. The Labute approximate surface area is 203 Å². The predicted octanol–water partition coefficient (Wildman–Crippen LogP) is 3.69. The van der Waals surface area contributed by atoms with E-state index in [4.69, 9.17) is 9.47 Å². The maximum atomic E-state index is 12.8. The van der Waals surface area contributed by atoms with Gasteiger partial charge in [-0.3, -0.25) is 4.79 Å². The molecule has 186 valence electrons. The van der Waals surface area contributed by atoms with E-state index < -0.39 is 10.0 Å². The zero-order valence-corrected chi connectivity index (χ0v) is 21.2. The van der Waals surface area contributed by atoms with Gasteiger partial charge in [-0.05, 0) is 62.8 Å². The van der Waals surface area contributed by atoms with Crippen molar-refractivity contribution in [2.24, 2.45) is 5.92 Å². The highest BCUT2D eigenvalue weighted by atomic mass is 32.2. The average Bonchev–Trinajstić information content (AvgIpc) is 2.84. The van der Waals surface area contributed by atoms with Gasteiger partial charge >= 0.3 is 0 Å². The lowest BCUT2D eigenvalue weighted by Crippen LogP contribution is -2.43. The van der Waals surface area contributed by atoms with E-state index in [1.165, 1.54) is 4.31 Å². The van der Waals surface area contributed by atoms with Gasteiger partial charge in [-0.1, -0.05) is 35.9 Å². The first-order chi connectivity index (χ1) is 16.3. The number of aryl methyl sites for hydroxylation is 2. The Bertz CT molecular complexity index is 1050. The van der Waals surface area contributed by atoms with Gasteiger partial charge < -0.3 is 14.8 Å². The van der Waals surface area contributed by atoms with Crippen LogP contribution in [0.25, 0.3) is 0 Å². The van der Waals surface area contributed by atoms with E-state index in [1.807, 2.05) is 56.3 Å². The van der Waals surface area contributed by atoms with Gasteiger partial charge in [0.25, 0.3) is 0 Å². The molecule has 0 atom stereocenters. The molecule has 8 heteroatoms. The summed E-state index contributed by atoms with van der Waals surface area (Å²) in [5, 5.41) is 3.02. The molecule has 1 heterocycles. The number of nitrogens with zero attached hydrogens (tertiary/aromatic N) is 1. The second kappa shape index (κ2) is 12.2. The van der Waals surface area contributed by atoms with Crippen molar-refractivity contribution in [3.63, 3.8) is 0 Å². The Morgan fingerprint density at radius 1 is 1.06 bits per heavy atom. The fourth-order valence-electron chi connectivity index (χ4n) is 4.17. The standard InChI is InChI=1S/C26H36N2O5S/c1-4-33-24-12-11-21(18-25(24)32-3)6-5-15-27-26(29)23-13-16-28(17-14-23)34(30,31)19-22-9-7-20(2)8-10-22/h7-12,18,23H,4-6,13-17,19H2,1-3H3,(H,27,29). The van der Waals surface area contributed by atoms with E-state index in [0.29, 0.717) is 44.8 Å². The SMILES string of the molecule is CCOc1ccc(CCCNC(=O)C2CCN(S(=O)(=O)Cc3ccc(C)cc3)CC2)cc1OC. The molecule has 0 bridgehead atoms. The van der Waals surface area contributed by atoms with Crippen LogP contribution < -0.4 is 14.8 Å². The molecule has 0 spiro atoms. The third-order valence-corrected chi connectivity index (χ3v) is 8.01. The summed E-state index contributed by atoms with van der Waals surface area (Å²) in [6, 6.07) is 13.5. The summed E-state index contributed by atoms with van der Waals surface area (Å²) in [6.07, 6.45) is 2.73. The quantitative estimate of drug-likeness (QED) is 0.488. The van der Waals surface area contributed by atoms with Gasteiger partial charge in [-0.15, -0.1) is 0 Å². The molecule has 1 N–H and O–H groups in total. The highest BCUT2D eigenvalue weighted by molar-refractivity contribution is 7.88. The van der Waals surface area contributed by atoms with E-state index in [0.717, 1.165) is 35.3 Å². The third kappa shape index (κ3) is 7.21. The molecule has 1 aliphatic heterocycles. The Kier molecular flexibility index (Phi) is 9.36. The predicted molar refractivity (Wildman–Crippen MR) is 134 cm³/mol. The molecule has 34 heavy (non-hydrogen) atoms. The van der Waals surface area contributed by atoms with Crippen LogP contribution in [0.15, 0.2) is 42.5 Å². The number of carbonyl (C=O) groups is 1. The van der Waals surface area contributed by atoms with Gasteiger partial charge in [0.2, 0.25) is 15.9 Å². The summed E-state index contributed by atoms with van der Waals surface area (Å²) in [7, 11) is -1.75. The molecular weight excluding hydrogens is 452 g/mol. The first kappa shape index (κ1) is 26.0. The molecule has 0 unspecified atom stereocenters. The molecule has 1 fully saturated rings. The molecule has 1 saturated heterocycles. The Balaban J connectivity index is 1.40. The number of rotatable bonds is 11. The van der Waals surface area contributed by atoms with Crippen LogP contribution in [-0.2, 0) is 27.0 Å². The van der Waals surface area contributed by atoms with Crippen LogP contribution in [0.2, 0.25) is 0 Å². The number of hydrogen-bond acceptors (Lipinski definition) is 5. The van der Waals surface area contributed by atoms with Crippen molar-refractivity contribution in [3.8, 4) is 11.5 Å². The van der Waals surface area contributed by atoms with Gasteiger partial charge in [-0.25, -0.2) is 12.7 Å². The van der Waals surface area contributed by atoms with Crippen LogP contribution in [0, 0.1) is 12.8 Å².